The van der Waals surface area contributed by atoms with E-state index < -0.39 is 12.5 Å². The van der Waals surface area contributed by atoms with Gasteiger partial charge in [-0.3, -0.25) is 15.1 Å². The lowest BCUT2D eigenvalue weighted by Crippen LogP contribution is -2.25. The number of likely N-dealkylation sites (N-methyl/N-ethyl adjacent to an activating group) is 1. The third-order valence-electron chi connectivity index (χ3n) is 6.77. The van der Waals surface area contributed by atoms with Crippen molar-refractivity contribution in [3.63, 3.8) is 0 Å². The summed E-state index contributed by atoms with van der Waals surface area (Å²) in [7, 11) is 3.67. The van der Waals surface area contributed by atoms with Crippen LogP contribution in [-0.2, 0) is 0 Å². The topological polar surface area (TPSA) is 91.4 Å². The number of carbonyl (C=O) groups excluding carboxylic acids is 1. The van der Waals surface area contributed by atoms with Crippen LogP contribution in [0.25, 0.3) is 0 Å². The molecule has 8 heteroatoms. The van der Waals surface area contributed by atoms with Gasteiger partial charge in [-0.2, -0.15) is 0 Å². The molecule has 0 aromatic heterocycles. The highest BCUT2D eigenvalue weighted by Gasteiger charge is 2.29. The van der Waals surface area contributed by atoms with Crippen LogP contribution in [0.15, 0.2) is 72.8 Å². The Kier molecular flexibility index (Phi) is 13.4. The van der Waals surface area contributed by atoms with Gasteiger partial charge in [-0.15, -0.1) is 0 Å². The van der Waals surface area contributed by atoms with Crippen LogP contribution in [-0.4, -0.2) is 56.1 Å². The Morgan fingerprint density at radius 1 is 1.12 bits per heavy atom. The molecule has 0 radical (unpaired) electrons. The van der Waals surface area contributed by atoms with Crippen LogP contribution >= 0.6 is 0 Å². The molecule has 1 aliphatic heterocycles. The van der Waals surface area contributed by atoms with Crippen molar-refractivity contribution < 1.29 is 18.3 Å². The fraction of sp³-hybridized carbons (Fsp3) is 0.375. The predicted octanol–water partition coefficient (Wildman–Crippen LogP) is 6.60. The van der Waals surface area contributed by atoms with Crippen LogP contribution in [0.3, 0.4) is 0 Å². The Balaban J connectivity index is 0.000000336. The number of likely N-dealkylation sites (tertiary alicyclic amines) is 1. The number of ether oxygens (including phenoxy) is 1. The first-order valence-electron chi connectivity index (χ1n) is 13.7. The minimum absolute atomic E-state index is 0.204. The molecule has 40 heavy (non-hydrogen) atoms. The summed E-state index contributed by atoms with van der Waals surface area (Å²) < 4.78 is 30.7. The Bertz CT molecular complexity index is 1190. The van der Waals surface area contributed by atoms with Crippen molar-refractivity contribution >= 4 is 17.7 Å². The van der Waals surface area contributed by atoms with Crippen LogP contribution in [0.5, 0.6) is 5.75 Å². The molecule has 1 saturated heterocycles. The molecule has 0 saturated carbocycles. The lowest BCUT2D eigenvalue weighted by Gasteiger charge is -2.15. The second-order valence-electron chi connectivity index (χ2n) is 9.35. The maximum absolute atomic E-state index is 12.3. The molecule has 3 aromatic carbocycles. The normalized spacial score (nSPS) is 17.2. The van der Waals surface area contributed by atoms with E-state index in [1.807, 2.05) is 44.2 Å². The second kappa shape index (κ2) is 16.5. The average Bonchev–Trinajstić information content (AvgIpc) is 3.34. The third kappa shape index (κ3) is 8.96. The first-order valence-corrected chi connectivity index (χ1v) is 13.7. The highest BCUT2D eigenvalue weighted by molar-refractivity contribution is 6.14. The molecule has 4 N–H and O–H groups in total. The van der Waals surface area contributed by atoms with E-state index >= 15 is 0 Å². The summed E-state index contributed by atoms with van der Waals surface area (Å²) in [5.74, 6) is 0.811. The van der Waals surface area contributed by atoms with Crippen LogP contribution in [0.1, 0.15) is 66.7 Å². The number of hydrogen-bond donors (Lipinski definition) is 3. The predicted molar refractivity (Wildman–Crippen MR) is 160 cm³/mol. The van der Waals surface area contributed by atoms with Gasteiger partial charge in [-0.05, 0) is 68.5 Å². The number of nitrogen functional groups attached to an aromatic ring is 1. The minimum Gasteiger partial charge on any atom is -0.489 e. The smallest absolute Gasteiger partial charge is 0.257 e. The molecule has 6 nitrogen and oxygen atoms in total. The zero-order chi connectivity index (χ0) is 29.7. The van der Waals surface area contributed by atoms with E-state index in [-0.39, 0.29) is 6.10 Å². The van der Waals surface area contributed by atoms with Crippen LogP contribution in [0.4, 0.5) is 14.5 Å². The molecular formula is C32H42F2N4O2. The van der Waals surface area contributed by atoms with Gasteiger partial charge in [-0.25, -0.2) is 8.78 Å². The number of halogens is 2. The van der Waals surface area contributed by atoms with Crippen molar-refractivity contribution in [3.05, 3.63) is 95.1 Å². The molecule has 3 atom stereocenters. The molecule has 216 valence electrons. The number of nitrogens with two attached hydrogens (primary N) is 1. The lowest BCUT2D eigenvalue weighted by molar-refractivity contribution is 0.102. The Morgan fingerprint density at radius 2 is 1.77 bits per heavy atom. The van der Waals surface area contributed by atoms with Gasteiger partial charge in [-0.1, -0.05) is 51.1 Å². The summed E-state index contributed by atoms with van der Waals surface area (Å²) in [5, 5.41) is 11.0. The van der Waals surface area contributed by atoms with Gasteiger partial charge in [0.2, 0.25) is 0 Å². The van der Waals surface area contributed by atoms with Gasteiger partial charge in [0, 0.05) is 41.4 Å². The summed E-state index contributed by atoms with van der Waals surface area (Å²) >= 11 is 0. The van der Waals surface area contributed by atoms with E-state index in [9.17, 15) is 13.6 Å². The lowest BCUT2D eigenvalue weighted by atomic mass is 9.99. The van der Waals surface area contributed by atoms with Crippen LogP contribution < -0.4 is 15.8 Å². The molecule has 1 heterocycles. The number of alkyl halides is 2. The van der Waals surface area contributed by atoms with Crippen molar-refractivity contribution in [2.24, 2.45) is 0 Å². The van der Waals surface area contributed by atoms with Gasteiger partial charge >= 0.3 is 0 Å². The second-order valence-corrected chi connectivity index (χ2v) is 9.35. The average molecular weight is 553 g/mol. The Hall–Kier alpha value is -3.62. The summed E-state index contributed by atoms with van der Waals surface area (Å²) in [4.78, 5) is 13.3. The van der Waals surface area contributed by atoms with E-state index in [4.69, 9.17) is 15.9 Å². The quantitative estimate of drug-likeness (QED) is 0.158. The van der Waals surface area contributed by atoms with Crippen LogP contribution in [0, 0.1) is 5.41 Å². The SMILES string of the molecule is CC.CCC1CC(Oc2ccc(C(=N)c3cc(C=O)ccc3N)cc2)CN1C.CNC(c1ccccc1)C(F)F. The number of hydrogen-bond acceptors (Lipinski definition) is 6. The van der Waals surface area contributed by atoms with Crippen LogP contribution in [0.2, 0.25) is 0 Å². The number of nitrogens with one attached hydrogen (secondary N) is 2. The number of carbonyl (C=O) groups is 1. The van der Waals surface area contributed by atoms with E-state index in [0.717, 1.165) is 37.0 Å². The Morgan fingerprint density at radius 3 is 2.30 bits per heavy atom. The summed E-state index contributed by atoms with van der Waals surface area (Å²) in [6.07, 6.45) is 0.774. The highest BCUT2D eigenvalue weighted by atomic mass is 19.3. The van der Waals surface area contributed by atoms with Crippen molar-refractivity contribution in [3.8, 4) is 5.75 Å². The number of anilines is 1. The molecular weight excluding hydrogens is 510 g/mol. The van der Waals surface area contributed by atoms with Gasteiger partial charge in [0.15, 0.2) is 0 Å². The molecule has 1 aliphatic rings. The minimum atomic E-state index is -2.36. The van der Waals surface area contributed by atoms with E-state index in [1.54, 1.807) is 42.5 Å². The van der Waals surface area contributed by atoms with Crippen molar-refractivity contribution in [2.75, 3.05) is 26.4 Å². The molecule has 1 fully saturated rings. The first kappa shape index (κ1) is 32.6. The first-order chi connectivity index (χ1) is 19.3. The fourth-order valence-electron chi connectivity index (χ4n) is 4.60. The van der Waals surface area contributed by atoms with Crippen molar-refractivity contribution in [1.82, 2.24) is 10.2 Å². The standard InChI is InChI=1S/C21H25N3O2.C9H11F2N.C2H6/c1-3-16-11-18(12-24(16)2)26-17-7-5-15(6-8-17)21(23)19-10-14(13-25)4-9-20(19)22;1-12-8(9(10)11)7-5-3-2-4-6-7;1-2/h4-10,13,16,18,23H,3,11-12,22H2,1-2H3;2-6,8-9,12H,1H3;1-2H3. The van der Waals surface area contributed by atoms with Gasteiger partial charge < -0.3 is 15.8 Å². The highest BCUT2D eigenvalue weighted by Crippen LogP contribution is 2.25. The third-order valence-corrected chi connectivity index (χ3v) is 6.77. The molecule has 0 bridgehead atoms. The van der Waals surface area contributed by atoms with Gasteiger partial charge in [0.1, 0.15) is 18.1 Å². The Labute approximate surface area is 237 Å². The van der Waals surface area contributed by atoms with E-state index in [1.165, 1.54) is 7.05 Å². The van der Waals surface area contributed by atoms with Gasteiger partial charge in [0.25, 0.3) is 6.43 Å². The maximum Gasteiger partial charge on any atom is 0.257 e. The zero-order valence-corrected chi connectivity index (χ0v) is 24.0. The molecule has 0 aliphatic carbocycles. The number of nitrogens with zero attached hydrogens (tertiary/aromatic N) is 1. The summed E-state index contributed by atoms with van der Waals surface area (Å²) in [6, 6.07) is 20.9. The van der Waals surface area contributed by atoms with Crippen molar-refractivity contribution in [2.45, 2.75) is 58.2 Å². The molecule has 0 amide bonds. The monoisotopic (exact) mass is 552 g/mol. The molecule has 0 spiro atoms. The maximum atomic E-state index is 12.3. The van der Waals surface area contributed by atoms with E-state index in [2.05, 4.69) is 24.2 Å². The molecule has 3 aromatic rings. The fourth-order valence-corrected chi connectivity index (χ4v) is 4.60. The number of benzene rings is 3. The van der Waals surface area contributed by atoms with E-state index in [0.29, 0.717) is 34.1 Å². The number of aldehydes is 1. The largest absolute Gasteiger partial charge is 0.489 e. The van der Waals surface area contributed by atoms with Crippen molar-refractivity contribution in [1.29, 1.82) is 5.41 Å². The zero-order valence-electron chi connectivity index (χ0n) is 24.0. The molecule has 4 rings (SSSR count). The van der Waals surface area contributed by atoms with Gasteiger partial charge in [0.05, 0.1) is 11.8 Å². The summed E-state index contributed by atoms with van der Waals surface area (Å²) in [5.41, 5.74) is 9.19. The molecule has 3 unspecified atom stereocenters. The number of rotatable bonds is 9. The summed E-state index contributed by atoms with van der Waals surface area (Å²) in [6.45, 7) is 7.14.